The van der Waals surface area contributed by atoms with Crippen molar-refractivity contribution in [3.8, 4) is 11.8 Å². The van der Waals surface area contributed by atoms with Crippen LogP contribution in [0.5, 0.6) is 0 Å². The average molecular weight is 213 g/mol. The van der Waals surface area contributed by atoms with Crippen molar-refractivity contribution in [2.45, 2.75) is 6.54 Å². The van der Waals surface area contributed by atoms with Gasteiger partial charge < -0.3 is 5.32 Å². The molecule has 0 aliphatic heterocycles. The highest BCUT2D eigenvalue weighted by Crippen LogP contribution is 2.14. The van der Waals surface area contributed by atoms with Crippen molar-refractivity contribution in [3.05, 3.63) is 42.0 Å². The van der Waals surface area contributed by atoms with E-state index in [0.717, 1.165) is 17.8 Å². The first kappa shape index (κ1) is 10.3. The van der Waals surface area contributed by atoms with E-state index >= 15 is 0 Å². The monoisotopic (exact) mass is 213 g/mol. The highest BCUT2D eigenvalue weighted by atomic mass is 15.3. The van der Waals surface area contributed by atoms with Crippen LogP contribution in [0.4, 0.5) is 0 Å². The van der Waals surface area contributed by atoms with Gasteiger partial charge in [0.15, 0.2) is 0 Å². The highest BCUT2D eigenvalue weighted by Gasteiger charge is 2.05. The third kappa shape index (κ3) is 1.92. The lowest BCUT2D eigenvalue weighted by Crippen LogP contribution is -2.06. The second-order valence-corrected chi connectivity index (χ2v) is 3.33. The van der Waals surface area contributed by atoms with E-state index in [1.165, 1.54) is 6.33 Å². The Kier molecular flexibility index (Phi) is 2.94. The van der Waals surface area contributed by atoms with E-state index in [4.69, 9.17) is 5.26 Å². The van der Waals surface area contributed by atoms with Gasteiger partial charge >= 0.3 is 0 Å². The maximum Gasteiger partial charge on any atom is 0.138 e. The Bertz CT molecular complexity index is 510. The molecule has 0 saturated heterocycles. The van der Waals surface area contributed by atoms with Gasteiger partial charge in [-0.1, -0.05) is 6.07 Å². The molecule has 0 unspecified atom stereocenters. The van der Waals surface area contributed by atoms with Gasteiger partial charge in [-0.25, -0.2) is 9.67 Å². The van der Waals surface area contributed by atoms with Gasteiger partial charge in [0, 0.05) is 6.54 Å². The Morgan fingerprint density at radius 3 is 3.00 bits per heavy atom. The summed E-state index contributed by atoms with van der Waals surface area (Å²) in [6.45, 7) is 0.742. The number of hydrogen-bond donors (Lipinski definition) is 1. The number of hydrogen-bond acceptors (Lipinski definition) is 4. The molecule has 0 bridgehead atoms. The SMILES string of the molecule is CNCc1ccc(-n2cncn2)c(C#N)c1. The summed E-state index contributed by atoms with van der Waals surface area (Å²) < 4.78 is 1.59. The Labute approximate surface area is 93.4 Å². The van der Waals surface area contributed by atoms with Gasteiger partial charge in [-0.15, -0.1) is 0 Å². The fraction of sp³-hybridized carbons (Fsp3) is 0.182. The molecule has 16 heavy (non-hydrogen) atoms. The summed E-state index contributed by atoms with van der Waals surface area (Å²) in [5, 5.41) is 16.1. The summed E-state index contributed by atoms with van der Waals surface area (Å²) in [6.07, 6.45) is 3.02. The largest absolute Gasteiger partial charge is 0.316 e. The van der Waals surface area contributed by atoms with E-state index in [0.29, 0.717) is 5.56 Å². The summed E-state index contributed by atoms with van der Waals surface area (Å²) in [5.74, 6) is 0. The molecule has 1 aromatic carbocycles. The number of nitrogens with zero attached hydrogens (tertiary/aromatic N) is 4. The molecule has 0 spiro atoms. The zero-order valence-corrected chi connectivity index (χ0v) is 8.88. The Balaban J connectivity index is 2.44. The maximum absolute atomic E-state index is 9.08. The standard InChI is InChI=1S/C11H11N5/c1-13-6-9-2-3-11(10(4-9)5-12)16-8-14-7-15-16/h2-4,7-8,13H,6H2,1H3. The first-order chi connectivity index (χ1) is 7.85. The van der Waals surface area contributed by atoms with Crippen LogP contribution in [0.3, 0.4) is 0 Å². The van der Waals surface area contributed by atoms with E-state index in [9.17, 15) is 0 Å². The van der Waals surface area contributed by atoms with E-state index in [1.807, 2.05) is 25.2 Å². The summed E-state index contributed by atoms with van der Waals surface area (Å²) in [4.78, 5) is 3.86. The molecule has 0 atom stereocenters. The average Bonchev–Trinajstić information content (AvgIpc) is 2.83. The normalized spacial score (nSPS) is 10.0. The third-order valence-corrected chi connectivity index (χ3v) is 2.23. The van der Waals surface area contributed by atoms with Crippen molar-refractivity contribution >= 4 is 0 Å². The Morgan fingerprint density at radius 1 is 1.50 bits per heavy atom. The molecular formula is C11H11N5. The third-order valence-electron chi connectivity index (χ3n) is 2.23. The Hall–Kier alpha value is -2.19. The summed E-state index contributed by atoms with van der Waals surface area (Å²) in [7, 11) is 1.87. The zero-order valence-electron chi connectivity index (χ0n) is 8.88. The van der Waals surface area contributed by atoms with Gasteiger partial charge in [-0.3, -0.25) is 0 Å². The highest BCUT2D eigenvalue weighted by molar-refractivity contribution is 5.49. The van der Waals surface area contributed by atoms with Crippen LogP contribution < -0.4 is 5.32 Å². The minimum atomic E-state index is 0.596. The topological polar surface area (TPSA) is 66.5 Å². The number of rotatable bonds is 3. The quantitative estimate of drug-likeness (QED) is 0.821. The van der Waals surface area contributed by atoms with Crippen LogP contribution in [0.2, 0.25) is 0 Å². The molecule has 1 heterocycles. The van der Waals surface area contributed by atoms with Crippen molar-refractivity contribution in [2.24, 2.45) is 0 Å². The van der Waals surface area contributed by atoms with Crippen LogP contribution in [-0.2, 0) is 6.54 Å². The van der Waals surface area contributed by atoms with Crippen LogP contribution in [0.25, 0.3) is 5.69 Å². The van der Waals surface area contributed by atoms with E-state index in [-0.39, 0.29) is 0 Å². The first-order valence-electron chi connectivity index (χ1n) is 4.88. The molecule has 1 aromatic heterocycles. The van der Waals surface area contributed by atoms with Gasteiger partial charge in [0.1, 0.15) is 18.7 Å². The van der Waals surface area contributed by atoms with Crippen molar-refractivity contribution in [1.29, 1.82) is 5.26 Å². The lowest BCUT2D eigenvalue weighted by Gasteiger charge is -2.06. The number of aromatic nitrogens is 3. The molecule has 0 radical (unpaired) electrons. The van der Waals surface area contributed by atoms with Crippen molar-refractivity contribution in [2.75, 3.05) is 7.05 Å². The summed E-state index contributed by atoms with van der Waals surface area (Å²) >= 11 is 0. The van der Waals surface area contributed by atoms with Crippen molar-refractivity contribution in [3.63, 3.8) is 0 Å². The fourth-order valence-electron chi connectivity index (χ4n) is 1.52. The van der Waals surface area contributed by atoms with Gasteiger partial charge in [0.25, 0.3) is 0 Å². The lowest BCUT2D eigenvalue weighted by molar-refractivity contribution is 0.814. The van der Waals surface area contributed by atoms with Crippen molar-refractivity contribution in [1.82, 2.24) is 20.1 Å². The zero-order chi connectivity index (χ0) is 11.4. The second kappa shape index (κ2) is 4.55. The smallest absolute Gasteiger partial charge is 0.138 e. The van der Waals surface area contributed by atoms with Crippen molar-refractivity contribution < 1.29 is 0 Å². The second-order valence-electron chi connectivity index (χ2n) is 3.33. The summed E-state index contributed by atoms with van der Waals surface area (Å²) in [6, 6.07) is 7.86. The fourth-order valence-corrected chi connectivity index (χ4v) is 1.52. The molecule has 80 valence electrons. The minimum absolute atomic E-state index is 0.596. The molecule has 2 aromatic rings. The molecule has 0 saturated carbocycles. The van der Waals surface area contributed by atoms with E-state index < -0.39 is 0 Å². The molecular weight excluding hydrogens is 202 g/mol. The van der Waals surface area contributed by atoms with Crippen LogP contribution in [0, 0.1) is 11.3 Å². The maximum atomic E-state index is 9.08. The number of nitriles is 1. The number of nitrogens with one attached hydrogen (secondary N) is 1. The van der Waals surface area contributed by atoms with Gasteiger partial charge in [-0.05, 0) is 24.7 Å². The Morgan fingerprint density at radius 2 is 2.38 bits per heavy atom. The van der Waals surface area contributed by atoms with Crippen LogP contribution in [0.1, 0.15) is 11.1 Å². The van der Waals surface area contributed by atoms with E-state index in [2.05, 4.69) is 21.5 Å². The van der Waals surface area contributed by atoms with Crippen LogP contribution in [0.15, 0.2) is 30.9 Å². The van der Waals surface area contributed by atoms with Gasteiger partial charge in [0.05, 0.1) is 11.3 Å². The lowest BCUT2D eigenvalue weighted by atomic mass is 10.1. The van der Waals surface area contributed by atoms with Crippen LogP contribution in [-0.4, -0.2) is 21.8 Å². The first-order valence-corrected chi connectivity index (χ1v) is 4.88. The molecule has 1 N–H and O–H groups in total. The van der Waals surface area contributed by atoms with Gasteiger partial charge in [-0.2, -0.15) is 10.4 Å². The molecule has 2 rings (SSSR count). The minimum Gasteiger partial charge on any atom is -0.316 e. The molecule has 0 amide bonds. The predicted molar refractivity (Wildman–Crippen MR) is 58.8 cm³/mol. The van der Waals surface area contributed by atoms with Crippen LogP contribution >= 0.6 is 0 Å². The van der Waals surface area contributed by atoms with Gasteiger partial charge in [0.2, 0.25) is 0 Å². The molecule has 0 aliphatic carbocycles. The molecule has 5 nitrogen and oxygen atoms in total. The molecule has 0 aliphatic rings. The number of benzene rings is 1. The molecule has 0 fully saturated rings. The molecule has 5 heteroatoms. The van der Waals surface area contributed by atoms with E-state index in [1.54, 1.807) is 11.0 Å². The summed E-state index contributed by atoms with van der Waals surface area (Å²) in [5.41, 5.74) is 2.42. The predicted octanol–water partition coefficient (Wildman–Crippen LogP) is 0.858.